The monoisotopic (exact) mass is 333 g/mol. The number of halogens is 1. The molecule has 106 valence electrons. The molecule has 1 heterocycles. The van der Waals surface area contributed by atoms with E-state index in [1.54, 1.807) is 0 Å². The van der Waals surface area contributed by atoms with Crippen LogP contribution in [0.2, 0.25) is 0 Å². The van der Waals surface area contributed by atoms with E-state index in [-0.39, 0.29) is 0 Å². The number of nitrogens with two attached hydrogens (primary N) is 1. The van der Waals surface area contributed by atoms with Crippen LogP contribution >= 0.6 is 15.9 Å². The fourth-order valence-electron chi connectivity index (χ4n) is 2.20. The molecule has 0 unspecified atom stereocenters. The molecule has 1 aromatic carbocycles. The van der Waals surface area contributed by atoms with Crippen molar-refractivity contribution in [2.24, 2.45) is 0 Å². The van der Waals surface area contributed by atoms with Crippen molar-refractivity contribution >= 4 is 21.7 Å². The van der Waals surface area contributed by atoms with E-state index in [0.29, 0.717) is 18.3 Å². The lowest BCUT2D eigenvalue weighted by Gasteiger charge is -2.09. The Hall–Kier alpha value is -1.55. The number of aryl methyl sites for hydroxylation is 1. The van der Waals surface area contributed by atoms with Crippen LogP contribution in [0.15, 0.2) is 35.3 Å². The lowest BCUT2D eigenvalue weighted by atomic mass is 10.1. The number of nitrogen functional groups attached to an aromatic ring is 1. The predicted molar refractivity (Wildman–Crippen MR) is 88.8 cm³/mol. The molecule has 0 amide bonds. The molecule has 2 aromatic rings. The summed E-state index contributed by atoms with van der Waals surface area (Å²) >= 11 is 3.56. The summed E-state index contributed by atoms with van der Waals surface area (Å²) in [7, 11) is 0. The van der Waals surface area contributed by atoms with Gasteiger partial charge < -0.3 is 10.3 Å². The molecule has 4 heteroatoms. The van der Waals surface area contributed by atoms with Crippen LogP contribution in [-0.2, 0) is 6.54 Å². The zero-order valence-corrected chi connectivity index (χ0v) is 13.7. The second-order valence-electron chi connectivity index (χ2n) is 5.22. The maximum absolute atomic E-state index is 6.29. The van der Waals surface area contributed by atoms with E-state index in [4.69, 9.17) is 10.7 Å². The fourth-order valence-corrected chi connectivity index (χ4v) is 2.58. The molecule has 0 spiro atoms. The Bertz CT molecular complexity index is 641. The van der Waals surface area contributed by atoms with Gasteiger partial charge in [0.25, 0.3) is 0 Å². The molecule has 0 atom stereocenters. The summed E-state index contributed by atoms with van der Waals surface area (Å²) in [5.41, 5.74) is 9.36. The van der Waals surface area contributed by atoms with Crippen molar-refractivity contribution in [2.45, 2.75) is 33.2 Å². The van der Waals surface area contributed by atoms with E-state index in [1.807, 2.05) is 10.6 Å². The molecule has 2 N–H and O–H groups in total. The van der Waals surface area contributed by atoms with Gasteiger partial charge in [0.15, 0.2) is 0 Å². The number of nitrogens with zero attached hydrogens (tertiary/aromatic N) is 2. The van der Waals surface area contributed by atoms with E-state index < -0.39 is 0 Å². The fraction of sp³-hybridized carbons (Fsp3) is 0.312. The quantitative estimate of drug-likeness (QED) is 0.836. The number of aromatic nitrogens is 2. The lowest BCUT2D eigenvalue weighted by molar-refractivity contribution is 0.684. The second-order valence-corrected chi connectivity index (χ2v) is 6.08. The number of allylic oxidation sites excluding steroid dienone is 1. The van der Waals surface area contributed by atoms with Gasteiger partial charge in [0.05, 0.1) is 0 Å². The van der Waals surface area contributed by atoms with Crippen LogP contribution in [0.3, 0.4) is 0 Å². The molecule has 0 saturated carbocycles. The highest BCUT2D eigenvalue weighted by Crippen LogP contribution is 2.31. The molecule has 2 rings (SSSR count). The predicted octanol–water partition coefficient (Wildman–Crippen LogP) is 4.51. The number of hydrogen-bond acceptors (Lipinski definition) is 2. The second kappa shape index (κ2) is 5.83. The van der Waals surface area contributed by atoms with Crippen molar-refractivity contribution in [3.8, 4) is 11.3 Å². The zero-order valence-electron chi connectivity index (χ0n) is 12.2. The molecule has 0 saturated heterocycles. The maximum atomic E-state index is 6.29. The van der Waals surface area contributed by atoms with Crippen LogP contribution in [0.5, 0.6) is 0 Å². The first-order valence-corrected chi connectivity index (χ1v) is 7.48. The first kappa shape index (κ1) is 14.9. The van der Waals surface area contributed by atoms with Crippen LogP contribution in [0, 0.1) is 6.92 Å². The van der Waals surface area contributed by atoms with Gasteiger partial charge in [-0.15, -0.1) is 6.58 Å². The molecule has 0 aliphatic heterocycles. The molecule has 3 nitrogen and oxygen atoms in total. The molecular weight excluding hydrogens is 314 g/mol. The SMILES string of the molecule is C=CCn1c(C(C)C)nc(-c2ccc(C)c(Br)c2)c1N. The average molecular weight is 334 g/mol. The average Bonchev–Trinajstić information content (AvgIpc) is 2.72. The highest BCUT2D eigenvalue weighted by molar-refractivity contribution is 9.10. The third-order valence-electron chi connectivity index (χ3n) is 3.31. The van der Waals surface area contributed by atoms with Gasteiger partial charge in [-0.3, -0.25) is 0 Å². The minimum absolute atomic E-state index is 0.319. The van der Waals surface area contributed by atoms with Gasteiger partial charge in [-0.2, -0.15) is 0 Å². The Kier molecular flexibility index (Phi) is 4.33. The van der Waals surface area contributed by atoms with Crippen molar-refractivity contribution in [2.75, 3.05) is 5.73 Å². The van der Waals surface area contributed by atoms with Gasteiger partial charge in [-0.1, -0.05) is 48.0 Å². The normalized spacial score (nSPS) is 11.1. The largest absolute Gasteiger partial charge is 0.383 e. The highest BCUT2D eigenvalue weighted by Gasteiger charge is 2.17. The lowest BCUT2D eigenvalue weighted by Crippen LogP contribution is -2.07. The molecule has 0 bridgehead atoms. The minimum Gasteiger partial charge on any atom is -0.383 e. The van der Waals surface area contributed by atoms with Gasteiger partial charge in [0.1, 0.15) is 17.3 Å². The van der Waals surface area contributed by atoms with E-state index >= 15 is 0 Å². The summed E-state index contributed by atoms with van der Waals surface area (Å²) in [6, 6.07) is 6.19. The topological polar surface area (TPSA) is 43.8 Å². The molecular formula is C16H20BrN3. The summed E-state index contributed by atoms with van der Waals surface area (Å²) in [5, 5.41) is 0. The number of hydrogen-bond donors (Lipinski definition) is 1. The Balaban J connectivity index is 2.59. The molecule has 0 fully saturated rings. The van der Waals surface area contributed by atoms with E-state index in [2.05, 4.69) is 61.5 Å². The van der Waals surface area contributed by atoms with Gasteiger partial charge in [0.2, 0.25) is 0 Å². The van der Waals surface area contributed by atoms with Crippen molar-refractivity contribution in [3.63, 3.8) is 0 Å². The number of imidazole rings is 1. The molecule has 0 aliphatic rings. The zero-order chi connectivity index (χ0) is 14.9. The van der Waals surface area contributed by atoms with Gasteiger partial charge in [-0.25, -0.2) is 4.98 Å². The minimum atomic E-state index is 0.319. The third-order valence-corrected chi connectivity index (χ3v) is 4.16. The van der Waals surface area contributed by atoms with E-state index in [9.17, 15) is 0 Å². The van der Waals surface area contributed by atoms with E-state index in [0.717, 1.165) is 21.6 Å². The van der Waals surface area contributed by atoms with Gasteiger partial charge in [0, 0.05) is 22.5 Å². The maximum Gasteiger partial charge on any atom is 0.132 e. The van der Waals surface area contributed by atoms with Crippen LogP contribution in [0.25, 0.3) is 11.3 Å². The van der Waals surface area contributed by atoms with Gasteiger partial charge >= 0.3 is 0 Å². The summed E-state index contributed by atoms with van der Waals surface area (Å²) in [6.07, 6.45) is 1.85. The molecule has 1 aromatic heterocycles. The molecule has 0 radical (unpaired) electrons. The third kappa shape index (κ3) is 2.66. The summed E-state index contributed by atoms with van der Waals surface area (Å²) in [5.74, 6) is 2.01. The van der Waals surface area contributed by atoms with Crippen molar-refractivity contribution in [3.05, 3.63) is 46.7 Å². The van der Waals surface area contributed by atoms with Crippen molar-refractivity contribution in [1.29, 1.82) is 0 Å². The van der Waals surface area contributed by atoms with Crippen LogP contribution in [-0.4, -0.2) is 9.55 Å². The molecule has 0 aliphatic carbocycles. The van der Waals surface area contributed by atoms with E-state index in [1.165, 1.54) is 5.56 Å². The van der Waals surface area contributed by atoms with Crippen LogP contribution in [0.1, 0.15) is 31.2 Å². The van der Waals surface area contributed by atoms with Crippen LogP contribution < -0.4 is 5.73 Å². The summed E-state index contributed by atoms with van der Waals surface area (Å²) in [4.78, 5) is 4.74. The summed E-state index contributed by atoms with van der Waals surface area (Å²) < 4.78 is 3.10. The number of anilines is 1. The Morgan fingerprint density at radius 3 is 2.70 bits per heavy atom. The Morgan fingerprint density at radius 2 is 2.15 bits per heavy atom. The van der Waals surface area contributed by atoms with Gasteiger partial charge in [-0.05, 0) is 18.6 Å². The standard InChI is InChI=1S/C16H20BrN3/c1-5-8-20-15(18)14(19-16(20)10(2)3)12-7-6-11(4)13(17)9-12/h5-7,9-10H,1,8,18H2,2-4H3. The first-order valence-electron chi connectivity index (χ1n) is 6.69. The summed E-state index contributed by atoms with van der Waals surface area (Å²) in [6.45, 7) is 10.8. The first-order chi connectivity index (χ1) is 9.45. The smallest absolute Gasteiger partial charge is 0.132 e. The number of benzene rings is 1. The van der Waals surface area contributed by atoms with Crippen molar-refractivity contribution < 1.29 is 0 Å². The molecule has 20 heavy (non-hydrogen) atoms. The Morgan fingerprint density at radius 1 is 1.45 bits per heavy atom. The number of rotatable bonds is 4. The highest BCUT2D eigenvalue weighted by atomic mass is 79.9. The van der Waals surface area contributed by atoms with Crippen molar-refractivity contribution in [1.82, 2.24) is 9.55 Å². The van der Waals surface area contributed by atoms with Crippen LogP contribution in [0.4, 0.5) is 5.82 Å². The Labute approximate surface area is 128 Å².